The Morgan fingerprint density at radius 2 is 2.03 bits per heavy atom. The summed E-state index contributed by atoms with van der Waals surface area (Å²) in [5, 5.41) is 20.5. The molecule has 0 radical (unpaired) electrons. The van der Waals surface area contributed by atoms with Gasteiger partial charge >= 0.3 is 0 Å². The van der Waals surface area contributed by atoms with E-state index in [0.29, 0.717) is 17.8 Å². The molecule has 3 aromatic rings. The number of nitriles is 1. The smallest absolute Gasteiger partial charge is 0.294 e. The van der Waals surface area contributed by atoms with Gasteiger partial charge in [0.1, 0.15) is 5.69 Å². The highest BCUT2D eigenvalue weighted by Gasteiger charge is 2.25. The van der Waals surface area contributed by atoms with Crippen molar-refractivity contribution < 1.29 is 9.72 Å². The van der Waals surface area contributed by atoms with Gasteiger partial charge in [-0.1, -0.05) is 12.1 Å². The zero-order chi connectivity index (χ0) is 21.0. The molecular formula is C21H19N5O3. The van der Waals surface area contributed by atoms with Gasteiger partial charge in [0, 0.05) is 30.6 Å². The molecule has 0 aliphatic heterocycles. The summed E-state index contributed by atoms with van der Waals surface area (Å²) in [6.45, 7) is 4.17. The second-order valence-corrected chi connectivity index (χ2v) is 6.43. The molecule has 0 bridgehead atoms. The molecule has 1 aromatic heterocycles. The maximum atomic E-state index is 13.1. The van der Waals surface area contributed by atoms with Gasteiger partial charge in [0.15, 0.2) is 0 Å². The molecule has 0 spiro atoms. The van der Waals surface area contributed by atoms with Gasteiger partial charge in [-0.25, -0.2) is 4.98 Å². The summed E-state index contributed by atoms with van der Waals surface area (Å²) in [4.78, 5) is 29.7. The summed E-state index contributed by atoms with van der Waals surface area (Å²) >= 11 is 0. The SMILES string of the molecule is CCN(C(=O)c1ccc(-n2ccnc2)c([N+](=O)[O-])c1)C(C)c1ccc(C#N)cc1. The van der Waals surface area contributed by atoms with Gasteiger partial charge in [-0.05, 0) is 43.7 Å². The van der Waals surface area contributed by atoms with E-state index in [0.717, 1.165) is 5.56 Å². The lowest BCUT2D eigenvalue weighted by Gasteiger charge is -2.28. The Morgan fingerprint density at radius 3 is 2.59 bits per heavy atom. The molecule has 8 nitrogen and oxygen atoms in total. The summed E-state index contributed by atoms with van der Waals surface area (Å²) in [6.07, 6.45) is 4.60. The van der Waals surface area contributed by atoms with Gasteiger partial charge < -0.3 is 9.47 Å². The molecule has 8 heteroatoms. The standard InChI is InChI=1S/C21H19N5O3/c1-3-25(15(2)17-6-4-16(13-22)5-7-17)21(27)18-8-9-19(20(12-18)26(28)29)24-11-10-23-14-24/h4-12,14-15H,3H2,1-2H3. The van der Waals surface area contributed by atoms with Crippen LogP contribution in [0.2, 0.25) is 0 Å². The average molecular weight is 389 g/mol. The first-order valence-corrected chi connectivity index (χ1v) is 9.04. The van der Waals surface area contributed by atoms with Crippen LogP contribution in [0.1, 0.15) is 41.4 Å². The Hall–Kier alpha value is -3.99. The predicted molar refractivity (Wildman–Crippen MR) is 107 cm³/mol. The molecule has 0 saturated heterocycles. The molecule has 146 valence electrons. The zero-order valence-corrected chi connectivity index (χ0v) is 16.0. The number of nitro benzene ring substituents is 1. The third kappa shape index (κ3) is 3.99. The summed E-state index contributed by atoms with van der Waals surface area (Å²) in [5.41, 5.74) is 1.83. The fraction of sp³-hybridized carbons (Fsp3) is 0.190. The third-order valence-corrected chi connectivity index (χ3v) is 4.79. The first-order chi connectivity index (χ1) is 14.0. The van der Waals surface area contributed by atoms with Crippen LogP contribution >= 0.6 is 0 Å². The molecular weight excluding hydrogens is 370 g/mol. The van der Waals surface area contributed by atoms with Crippen LogP contribution in [-0.2, 0) is 0 Å². The van der Waals surface area contributed by atoms with Crippen LogP contribution in [0.15, 0.2) is 61.2 Å². The Balaban J connectivity index is 1.93. The van der Waals surface area contributed by atoms with E-state index in [1.54, 1.807) is 35.4 Å². The number of nitro groups is 1. The van der Waals surface area contributed by atoms with Crippen molar-refractivity contribution in [3.8, 4) is 11.8 Å². The number of rotatable bonds is 6. The highest BCUT2D eigenvalue weighted by Crippen LogP contribution is 2.27. The maximum Gasteiger partial charge on any atom is 0.294 e. The van der Waals surface area contributed by atoms with Crippen molar-refractivity contribution >= 4 is 11.6 Å². The first kappa shape index (κ1) is 19.8. The van der Waals surface area contributed by atoms with E-state index in [-0.39, 0.29) is 23.2 Å². The van der Waals surface area contributed by atoms with Crippen LogP contribution in [0.4, 0.5) is 5.69 Å². The molecule has 0 aliphatic carbocycles. The van der Waals surface area contributed by atoms with E-state index in [1.807, 2.05) is 26.0 Å². The Labute approximate surface area is 167 Å². The minimum Gasteiger partial charge on any atom is -0.332 e. The largest absolute Gasteiger partial charge is 0.332 e. The minimum absolute atomic E-state index is 0.170. The van der Waals surface area contributed by atoms with Crippen molar-refractivity contribution in [3.05, 3.63) is 88.0 Å². The maximum absolute atomic E-state index is 13.1. The number of imidazole rings is 1. The van der Waals surface area contributed by atoms with Crippen LogP contribution in [0.5, 0.6) is 0 Å². The lowest BCUT2D eigenvalue weighted by molar-refractivity contribution is -0.384. The highest BCUT2D eigenvalue weighted by molar-refractivity contribution is 5.95. The predicted octanol–water partition coefficient (Wildman–Crippen LogP) is 3.88. The van der Waals surface area contributed by atoms with E-state index < -0.39 is 4.92 Å². The molecule has 0 saturated carbocycles. The fourth-order valence-corrected chi connectivity index (χ4v) is 3.20. The van der Waals surface area contributed by atoms with Crippen molar-refractivity contribution in [1.29, 1.82) is 5.26 Å². The monoisotopic (exact) mass is 389 g/mol. The topological polar surface area (TPSA) is 105 Å². The van der Waals surface area contributed by atoms with E-state index in [1.165, 1.54) is 23.2 Å². The van der Waals surface area contributed by atoms with E-state index >= 15 is 0 Å². The first-order valence-electron chi connectivity index (χ1n) is 9.04. The number of hydrogen-bond donors (Lipinski definition) is 0. The normalized spacial score (nSPS) is 11.5. The van der Waals surface area contributed by atoms with Crippen LogP contribution in [0, 0.1) is 21.4 Å². The Kier molecular flexibility index (Phi) is 5.69. The van der Waals surface area contributed by atoms with Crippen molar-refractivity contribution in [1.82, 2.24) is 14.5 Å². The summed E-state index contributed by atoms with van der Waals surface area (Å²) in [5.74, 6) is -0.301. The van der Waals surface area contributed by atoms with Crippen LogP contribution in [-0.4, -0.2) is 31.8 Å². The van der Waals surface area contributed by atoms with Crippen molar-refractivity contribution in [2.45, 2.75) is 19.9 Å². The quantitative estimate of drug-likeness (QED) is 0.470. The molecule has 1 atom stereocenters. The summed E-state index contributed by atoms with van der Waals surface area (Å²) in [6, 6.07) is 13.3. The number of carbonyl (C=O) groups is 1. The highest BCUT2D eigenvalue weighted by atomic mass is 16.6. The molecule has 1 amide bonds. The molecule has 1 unspecified atom stereocenters. The van der Waals surface area contributed by atoms with Crippen LogP contribution in [0.3, 0.4) is 0 Å². The van der Waals surface area contributed by atoms with E-state index in [2.05, 4.69) is 11.1 Å². The fourth-order valence-electron chi connectivity index (χ4n) is 3.20. The van der Waals surface area contributed by atoms with Gasteiger partial charge in [0.2, 0.25) is 0 Å². The van der Waals surface area contributed by atoms with Crippen molar-refractivity contribution in [2.75, 3.05) is 6.54 Å². The van der Waals surface area contributed by atoms with Gasteiger partial charge in [0.25, 0.3) is 11.6 Å². The van der Waals surface area contributed by atoms with E-state index in [9.17, 15) is 14.9 Å². The summed E-state index contributed by atoms with van der Waals surface area (Å²) in [7, 11) is 0. The van der Waals surface area contributed by atoms with Gasteiger partial charge in [-0.15, -0.1) is 0 Å². The third-order valence-electron chi connectivity index (χ3n) is 4.79. The van der Waals surface area contributed by atoms with Gasteiger partial charge in [0.05, 0.1) is 28.9 Å². The average Bonchev–Trinajstić information content (AvgIpc) is 3.28. The molecule has 2 aromatic carbocycles. The second kappa shape index (κ2) is 8.35. The number of carbonyl (C=O) groups excluding carboxylic acids is 1. The zero-order valence-electron chi connectivity index (χ0n) is 16.0. The summed E-state index contributed by atoms with van der Waals surface area (Å²) < 4.78 is 1.53. The molecule has 29 heavy (non-hydrogen) atoms. The van der Waals surface area contributed by atoms with Gasteiger partial charge in [-0.3, -0.25) is 14.9 Å². The number of nitrogens with zero attached hydrogens (tertiary/aromatic N) is 5. The molecule has 0 aliphatic rings. The van der Waals surface area contributed by atoms with Crippen molar-refractivity contribution in [2.24, 2.45) is 0 Å². The lowest BCUT2D eigenvalue weighted by Crippen LogP contribution is -2.33. The number of benzene rings is 2. The Morgan fingerprint density at radius 1 is 1.31 bits per heavy atom. The molecule has 1 heterocycles. The second-order valence-electron chi connectivity index (χ2n) is 6.43. The van der Waals surface area contributed by atoms with Crippen LogP contribution in [0.25, 0.3) is 5.69 Å². The minimum atomic E-state index is -0.507. The molecule has 3 rings (SSSR count). The number of aromatic nitrogens is 2. The number of hydrogen-bond acceptors (Lipinski definition) is 5. The molecule has 0 N–H and O–H groups in total. The van der Waals surface area contributed by atoms with Gasteiger partial charge in [-0.2, -0.15) is 5.26 Å². The van der Waals surface area contributed by atoms with Crippen molar-refractivity contribution in [3.63, 3.8) is 0 Å². The lowest BCUT2D eigenvalue weighted by atomic mass is 10.0. The Bertz CT molecular complexity index is 1070. The molecule has 0 fully saturated rings. The number of amides is 1. The van der Waals surface area contributed by atoms with E-state index in [4.69, 9.17) is 5.26 Å². The van der Waals surface area contributed by atoms with Crippen LogP contribution < -0.4 is 0 Å².